The molecule has 0 bridgehead atoms. The largest absolute Gasteiger partial charge is 0.480 e. The molecule has 1 aliphatic rings. The predicted octanol–water partition coefficient (Wildman–Crippen LogP) is 2.14. The third kappa shape index (κ3) is 5.32. The van der Waals surface area contributed by atoms with Crippen LogP contribution in [0, 0.1) is 11.8 Å². The molecule has 1 unspecified atom stereocenters. The molecule has 0 heterocycles. The van der Waals surface area contributed by atoms with E-state index in [1.54, 1.807) is 0 Å². The minimum atomic E-state index is -0.981. The maximum atomic E-state index is 11.7. The van der Waals surface area contributed by atoms with Crippen LogP contribution >= 0.6 is 0 Å². The van der Waals surface area contributed by atoms with Gasteiger partial charge in [-0.3, -0.25) is 0 Å². The predicted molar refractivity (Wildman–Crippen MR) is 73.9 cm³/mol. The minimum absolute atomic E-state index is 0.0825. The second-order valence-electron chi connectivity index (χ2n) is 5.21. The summed E-state index contributed by atoms with van der Waals surface area (Å²) in [6, 6.07) is -1.21. The third-order valence-corrected chi connectivity index (χ3v) is 3.69. The standard InChI is InChI=1S/C14H24N2O3/c1-3-10(2)12(13(17)18)16-14(19)15-9-11-7-5-4-6-8-11/h4-5,10-12H,3,6-9H2,1-2H3,(H,17,18)(H2,15,16,19)/t10-,11?,12-/m0/s1. The van der Waals surface area contributed by atoms with Crippen LogP contribution in [0.1, 0.15) is 39.5 Å². The molecule has 0 fully saturated rings. The Labute approximate surface area is 114 Å². The molecule has 108 valence electrons. The number of hydrogen-bond acceptors (Lipinski definition) is 2. The summed E-state index contributed by atoms with van der Waals surface area (Å²) in [6.07, 6.45) is 8.11. The van der Waals surface area contributed by atoms with E-state index in [0.717, 1.165) is 19.3 Å². The van der Waals surface area contributed by atoms with E-state index in [4.69, 9.17) is 5.11 Å². The van der Waals surface area contributed by atoms with Gasteiger partial charge in [-0.15, -0.1) is 0 Å². The normalized spacial score (nSPS) is 21.5. The van der Waals surface area contributed by atoms with Gasteiger partial charge in [0.2, 0.25) is 0 Å². The first-order valence-electron chi connectivity index (χ1n) is 6.96. The highest BCUT2D eigenvalue weighted by atomic mass is 16.4. The SMILES string of the molecule is CC[C@H](C)[C@H](NC(=O)NCC1CC=CCC1)C(=O)O. The van der Waals surface area contributed by atoms with Crippen molar-refractivity contribution in [3.8, 4) is 0 Å². The lowest BCUT2D eigenvalue weighted by Gasteiger charge is -2.22. The Morgan fingerprint density at radius 3 is 2.68 bits per heavy atom. The van der Waals surface area contributed by atoms with Crippen LogP contribution in [0.5, 0.6) is 0 Å². The third-order valence-electron chi connectivity index (χ3n) is 3.69. The van der Waals surface area contributed by atoms with Crippen molar-refractivity contribution in [3.05, 3.63) is 12.2 Å². The van der Waals surface area contributed by atoms with Crippen LogP contribution in [-0.4, -0.2) is 29.7 Å². The van der Waals surface area contributed by atoms with Crippen LogP contribution in [0.2, 0.25) is 0 Å². The number of nitrogens with one attached hydrogen (secondary N) is 2. The molecule has 0 saturated carbocycles. The lowest BCUT2D eigenvalue weighted by atomic mass is 9.94. The fourth-order valence-electron chi connectivity index (χ4n) is 2.15. The number of rotatable bonds is 6. The Morgan fingerprint density at radius 2 is 2.16 bits per heavy atom. The van der Waals surface area contributed by atoms with Crippen LogP contribution < -0.4 is 10.6 Å². The quantitative estimate of drug-likeness (QED) is 0.646. The van der Waals surface area contributed by atoms with E-state index >= 15 is 0 Å². The highest BCUT2D eigenvalue weighted by molar-refractivity contribution is 5.82. The van der Waals surface area contributed by atoms with Crippen molar-refractivity contribution in [2.24, 2.45) is 11.8 Å². The minimum Gasteiger partial charge on any atom is -0.480 e. The molecule has 1 rings (SSSR count). The van der Waals surface area contributed by atoms with Crippen molar-refractivity contribution in [3.63, 3.8) is 0 Å². The molecule has 3 atom stereocenters. The summed E-state index contributed by atoms with van der Waals surface area (Å²) in [5, 5.41) is 14.4. The van der Waals surface area contributed by atoms with E-state index in [9.17, 15) is 9.59 Å². The summed E-state index contributed by atoms with van der Waals surface area (Å²) in [7, 11) is 0. The van der Waals surface area contributed by atoms with E-state index in [1.165, 1.54) is 0 Å². The van der Waals surface area contributed by atoms with Gasteiger partial charge in [0.05, 0.1) is 0 Å². The second kappa shape index (κ2) is 7.81. The van der Waals surface area contributed by atoms with E-state index in [-0.39, 0.29) is 11.9 Å². The first kappa shape index (κ1) is 15.5. The average molecular weight is 268 g/mol. The zero-order valence-electron chi connectivity index (χ0n) is 11.7. The first-order chi connectivity index (χ1) is 9.04. The molecule has 2 amide bonds. The molecular weight excluding hydrogens is 244 g/mol. The van der Waals surface area contributed by atoms with Crippen LogP contribution in [0.25, 0.3) is 0 Å². The Bertz CT molecular complexity index is 342. The number of carboxylic acid groups (broad SMARTS) is 1. The van der Waals surface area contributed by atoms with Gasteiger partial charge in [0.1, 0.15) is 6.04 Å². The van der Waals surface area contributed by atoms with Gasteiger partial charge >= 0.3 is 12.0 Å². The molecule has 3 N–H and O–H groups in total. The van der Waals surface area contributed by atoms with Crippen molar-refractivity contribution in [2.45, 2.75) is 45.6 Å². The summed E-state index contributed by atoms with van der Waals surface area (Å²) in [5.74, 6) is -0.603. The van der Waals surface area contributed by atoms with Gasteiger partial charge in [0.25, 0.3) is 0 Å². The van der Waals surface area contributed by atoms with E-state index in [1.807, 2.05) is 13.8 Å². The summed E-state index contributed by atoms with van der Waals surface area (Å²) in [4.78, 5) is 22.8. The molecule has 5 heteroatoms. The molecule has 0 aliphatic heterocycles. The van der Waals surface area contributed by atoms with Gasteiger partial charge in [0.15, 0.2) is 0 Å². The number of aliphatic carboxylic acids is 1. The zero-order chi connectivity index (χ0) is 14.3. The Kier molecular flexibility index (Phi) is 6.39. The van der Waals surface area contributed by atoms with Crippen LogP contribution in [-0.2, 0) is 4.79 Å². The van der Waals surface area contributed by atoms with Gasteiger partial charge in [-0.1, -0.05) is 32.4 Å². The van der Waals surface area contributed by atoms with E-state index in [2.05, 4.69) is 22.8 Å². The van der Waals surface area contributed by atoms with E-state index < -0.39 is 12.0 Å². The topological polar surface area (TPSA) is 78.4 Å². The van der Waals surface area contributed by atoms with Gasteiger partial charge in [0, 0.05) is 6.54 Å². The average Bonchev–Trinajstić information content (AvgIpc) is 2.42. The number of hydrogen-bond donors (Lipinski definition) is 3. The number of carboxylic acids is 1. The highest BCUT2D eigenvalue weighted by Gasteiger charge is 2.25. The molecule has 0 spiro atoms. The summed E-state index contributed by atoms with van der Waals surface area (Å²) in [5.41, 5.74) is 0. The summed E-state index contributed by atoms with van der Waals surface area (Å²) >= 11 is 0. The smallest absolute Gasteiger partial charge is 0.326 e. The Hall–Kier alpha value is -1.52. The van der Waals surface area contributed by atoms with E-state index in [0.29, 0.717) is 18.9 Å². The van der Waals surface area contributed by atoms with Crippen LogP contribution in [0.3, 0.4) is 0 Å². The van der Waals surface area contributed by atoms with Crippen molar-refractivity contribution in [2.75, 3.05) is 6.54 Å². The second-order valence-corrected chi connectivity index (χ2v) is 5.21. The van der Waals surface area contributed by atoms with Crippen molar-refractivity contribution in [1.82, 2.24) is 10.6 Å². The monoisotopic (exact) mass is 268 g/mol. The molecule has 0 aromatic carbocycles. The van der Waals surface area contributed by atoms with Crippen molar-refractivity contribution < 1.29 is 14.7 Å². The van der Waals surface area contributed by atoms with Crippen LogP contribution in [0.4, 0.5) is 4.79 Å². The van der Waals surface area contributed by atoms with Crippen LogP contribution in [0.15, 0.2) is 12.2 Å². The summed E-state index contributed by atoms with van der Waals surface area (Å²) in [6.45, 7) is 4.34. The molecule has 5 nitrogen and oxygen atoms in total. The molecule has 0 aromatic heterocycles. The molecule has 0 saturated heterocycles. The lowest BCUT2D eigenvalue weighted by Crippen LogP contribution is -2.49. The van der Waals surface area contributed by atoms with Gasteiger partial charge in [-0.2, -0.15) is 0 Å². The van der Waals surface area contributed by atoms with Crippen molar-refractivity contribution in [1.29, 1.82) is 0 Å². The maximum absolute atomic E-state index is 11.7. The highest BCUT2D eigenvalue weighted by Crippen LogP contribution is 2.16. The zero-order valence-corrected chi connectivity index (χ0v) is 11.7. The molecule has 0 aromatic rings. The Balaban J connectivity index is 2.35. The summed E-state index contributed by atoms with van der Waals surface area (Å²) < 4.78 is 0. The molecular formula is C14H24N2O3. The Morgan fingerprint density at radius 1 is 1.42 bits per heavy atom. The fraction of sp³-hybridized carbons (Fsp3) is 0.714. The van der Waals surface area contributed by atoms with Gasteiger partial charge in [-0.05, 0) is 31.1 Å². The maximum Gasteiger partial charge on any atom is 0.326 e. The number of allylic oxidation sites excluding steroid dienone is 2. The number of carbonyl (C=O) groups is 2. The first-order valence-corrected chi connectivity index (χ1v) is 6.96. The molecule has 1 aliphatic carbocycles. The number of amides is 2. The molecule has 0 radical (unpaired) electrons. The number of urea groups is 1. The van der Waals surface area contributed by atoms with Gasteiger partial charge in [-0.25, -0.2) is 9.59 Å². The number of carbonyl (C=O) groups excluding carboxylic acids is 1. The van der Waals surface area contributed by atoms with Crippen molar-refractivity contribution >= 4 is 12.0 Å². The molecule has 19 heavy (non-hydrogen) atoms. The lowest BCUT2D eigenvalue weighted by molar-refractivity contribution is -0.140. The van der Waals surface area contributed by atoms with Gasteiger partial charge < -0.3 is 15.7 Å². The fourth-order valence-corrected chi connectivity index (χ4v) is 2.15.